The number of benzene rings is 1. The second-order valence-electron chi connectivity index (χ2n) is 4.75. The number of methoxy groups -OCH3 is 1. The summed E-state index contributed by atoms with van der Waals surface area (Å²) < 4.78 is 5.16. The Hall–Kier alpha value is -2.36. The van der Waals surface area contributed by atoms with Gasteiger partial charge in [-0.05, 0) is 36.2 Å². The lowest BCUT2D eigenvalue weighted by Crippen LogP contribution is -2.31. The summed E-state index contributed by atoms with van der Waals surface area (Å²) >= 11 is 0. The highest BCUT2D eigenvalue weighted by molar-refractivity contribution is 5.86. The van der Waals surface area contributed by atoms with Gasteiger partial charge in [0, 0.05) is 12.7 Å². The Morgan fingerprint density at radius 1 is 1.24 bits per heavy atom. The average molecular weight is 284 g/mol. The number of hydrogen-bond acceptors (Lipinski definition) is 3. The van der Waals surface area contributed by atoms with Gasteiger partial charge in [0.15, 0.2) is 0 Å². The molecule has 110 valence electrons. The van der Waals surface area contributed by atoms with E-state index < -0.39 is 5.92 Å². The first kappa shape index (κ1) is 15.0. The van der Waals surface area contributed by atoms with Gasteiger partial charge in [-0.2, -0.15) is 0 Å². The lowest BCUT2D eigenvalue weighted by molar-refractivity contribution is -0.121. The highest BCUT2D eigenvalue weighted by Crippen LogP contribution is 2.25. The molecule has 0 spiro atoms. The van der Waals surface area contributed by atoms with Gasteiger partial charge < -0.3 is 10.1 Å². The number of nitrogens with zero attached hydrogens (tertiary/aromatic N) is 1. The summed E-state index contributed by atoms with van der Waals surface area (Å²) in [5.74, 6) is 0.344. The molecule has 1 unspecified atom stereocenters. The number of rotatable bonds is 6. The van der Waals surface area contributed by atoms with Crippen molar-refractivity contribution < 1.29 is 9.53 Å². The maximum Gasteiger partial charge on any atom is 0.233 e. The van der Waals surface area contributed by atoms with Gasteiger partial charge in [0.05, 0.1) is 12.8 Å². The molecule has 0 saturated carbocycles. The van der Waals surface area contributed by atoms with Crippen molar-refractivity contribution in [3.05, 3.63) is 59.9 Å². The lowest BCUT2D eigenvalue weighted by Gasteiger charge is -2.17. The minimum atomic E-state index is -0.399. The molecule has 21 heavy (non-hydrogen) atoms. The highest BCUT2D eigenvalue weighted by Gasteiger charge is 2.23. The SMILES string of the molecule is CCCNC(=O)C(c1ccc(OC)cc1)c1ccccn1. The van der Waals surface area contributed by atoms with Crippen molar-refractivity contribution in [3.63, 3.8) is 0 Å². The molecule has 1 aromatic carbocycles. The minimum Gasteiger partial charge on any atom is -0.497 e. The number of ether oxygens (including phenoxy) is 1. The molecule has 0 saturated heterocycles. The molecule has 0 aliphatic carbocycles. The second kappa shape index (κ2) is 7.43. The van der Waals surface area contributed by atoms with E-state index in [0.717, 1.165) is 23.4 Å². The molecule has 2 aromatic rings. The van der Waals surface area contributed by atoms with Crippen molar-refractivity contribution in [2.24, 2.45) is 0 Å². The minimum absolute atomic E-state index is 0.0271. The van der Waals surface area contributed by atoms with Crippen LogP contribution in [0.3, 0.4) is 0 Å². The van der Waals surface area contributed by atoms with E-state index in [0.29, 0.717) is 6.54 Å². The first-order chi connectivity index (χ1) is 10.3. The number of amides is 1. The Morgan fingerprint density at radius 2 is 2.00 bits per heavy atom. The zero-order valence-corrected chi connectivity index (χ0v) is 12.4. The van der Waals surface area contributed by atoms with E-state index in [4.69, 9.17) is 4.74 Å². The lowest BCUT2D eigenvalue weighted by atomic mass is 9.94. The summed E-state index contributed by atoms with van der Waals surface area (Å²) in [6, 6.07) is 13.1. The summed E-state index contributed by atoms with van der Waals surface area (Å²) in [7, 11) is 1.62. The number of hydrogen-bond donors (Lipinski definition) is 1. The summed E-state index contributed by atoms with van der Waals surface area (Å²) in [4.78, 5) is 16.8. The van der Waals surface area contributed by atoms with Crippen LogP contribution in [0.4, 0.5) is 0 Å². The van der Waals surface area contributed by atoms with Crippen LogP contribution in [-0.4, -0.2) is 24.5 Å². The maximum atomic E-state index is 12.5. The normalized spacial score (nSPS) is 11.7. The molecule has 1 atom stereocenters. The Balaban J connectivity index is 2.32. The molecule has 1 aromatic heterocycles. The van der Waals surface area contributed by atoms with E-state index in [9.17, 15) is 4.79 Å². The fraction of sp³-hybridized carbons (Fsp3) is 0.294. The van der Waals surface area contributed by atoms with E-state index in [-0.39, 0.29) is 5.91 Å². The summed E-state index contributed by atoms with van der Waals surface area (Å²) in [6.07, 6.45) is 2.61. The molecular weight excluding hydrogens is 264 g/mol. The third-order valence-electron chi connectivity index (χ3n) is 3.24. The molecule has 4 heteroatoms. The van der Waals surface area contributed by atoms with Crippen LogP contribution in [0.2, 0.25) is 0 Å². The van der Waals surface area contributed by atoms with Crippen molar-refractivity contribution in [1.29, 1.82) is 0 Å². The van der Waals surface area contributed by atoms with Crippen LogP contribution in [0.25, 0.3) is 0 Å². The molecule has 4 nitrogen and oxygen atoms in total. The maximum absolute atomic E-state index is 12.5. The third kappa shape index (κ3) is 3.81. The topological polar surface area (TPSA) is 51.2 Å². The van der Waals surface area contributed by atoms with Gasteiger partial charge in [-0.25, -0.2) is 0 Å². The van der Waals surface area contributed by atoms with Crippen molar-refractivity contribution in [1.82, 2.24) is 10.3 Å². The van der Waals surface area contributed by atoms with E-state index in [1.165, 1.54) is 0 Å². The van der Waals surface area contributed by atoms with Crippen molar-refractivity contribution in [2.45, 2.75) is 19.3 Å². The number of aromatic nitrogens is 1. The fourth-order valence-electron chi connectivity index (χ4n) is 2.15. The molecule has 1 heterocycles. The first-order valence-electron chi connectivity index (χ1n) is 7.09. The highest BCUT2D eigenvalue weighted by atomic mass is 16.5. The molecule has 0 aliphatic rings. The summed E-state index contributed by atoms with van der Waals surface area (Å²) in [5, 5.41) is 2.95. The largest absolute Gasteiger partial charge is 0.497 e. The van der Waals surface area contributed by atoms with Gasteiger partial charge in [-0.15, -0.1) is 0 Å². The van der Waals surface area contributed by atoms with Crippen molar-refractivity contribution >= 4 is 5.91 Å². The predicted octanol–water partition coefficient (Wildman–Crippen LogP) is 2.75. The van der Waals surface area contributed by atoms with E-state index in [1.54, 1.807) is 13.3 Å². The standard InChI is InChI=1S/C17H20N2O2/c1-3-11-19-17(20)16(15-6-4-5-12-18-15)13-7-9-14(21-2)10-8-13/h4-10,12,16H,3,11H2,1-2H3,(H,19,20). The fourth-order valence-corrected chi connectivity index (χ4v) is 2.15. The third-order valence-corrected chi connectivity index (χ3v) is 3.24. The van der Waals surface area contributed by atoms with Crippen LogP contribution in [0.5, 0.6) is 5.75 Å². The van der Waals surface area contributed by atoms with Gasteiger partial charge in [0.1, 0.15) is 11.7 Å². The monoisotopic (exact) mass is 284 g/mol. The Morgan fingerprint density at radius 3 is 2.57 bits per heavy atom. The van der Waals surface area contributed by atoms with Gasteiger partial charge in [-0.1, -0.05) is 25.1 Å². The Bertz CT molecular complexity index is 567. The van der Waals surface area contributed by atoms with Crippen LogP contribution in [0, 0.1) is 0 Å². The van der Waals surface area contributed by atoms with Gasteiger partial charge >= 0.3 is 0 Å². The molecule has 0 bridgehead atoms. The van der Waals surface area contributed by atoms with Gasteiger partial charge in [0.2, 0.25) is 5.91 Å². The Kier molecular flexibility index (Phi) is 5.32. The van der Waals surface area contributed by atoms with Crippen LogP contribution in [0.1, 0.15) is 30.5 Å². The quantitative estimate of drug-likeness (QED) is 0.887. The average Bonchev–Trinajstić information content (AvgIpc) is 2.55. The molecular formula is C17H20N2O2. The molecule has 2 rings (SSSR count). The van der Waals surface area contributed by atoms with E-state index in [1.807, 2.05) is 49.4 Å². The smallest absolute Gasteiger partial charge is 0.233 e. The predicted molar refractivity (Wildman–Crippen MR) is 82.4 cm³/mol. The number of carbonyl (C=O) groups excluding carboxylic acids is 1. The van der Waals surface area contributed by atoms with E-state index in [2.05, 4.69) is 10.3 Å². The molecule has 1 amide bonds. The first-order valence-corrected chi connectivity index (χ1v) is 7.09. The number of nitrogens with one attached hydrogen (secondary N) is 1. The summed E-state index contributed by atoms with van der Waals surface area (Å²) in [5.41, 5.74) is 1.65. The van der Waals surface area contributed by atoms with E-state index >= 15 is 0 Å². The Labute approximate surface area is 125 Å². The van der Waals surface area contributed by atoms with Crippen LogP contribution in [0.15, 0.2) is 48.7 Å². The molecule has 1 N–H and O–H groups in total. The zero-order valence-electron chi connectivity index (χ0n) is 12.4. The second-order valence-corrected chi connectivity index (χ2v) is 4.75. The van der Waals surface area contributed by atoms with Crippen LogP contribution >= 0.6 is 0 Å². The molecule has 0 fully saturated rings. The number of carbonyl (C=O) groups is 1. The summed E-state index contributed by atoms with van der Waals surface area (Å²) in [6.45, 7) is 2.70. The van der Waals surface area contributed by atoms with Gasteiger partial charge in [0.25, 0.3) is 0 Å². The number of pyridine rings is 1. The van der Waals surface area contributed by atoms with Crippen molar-refractivity contribution in [3.8, 4) is 5.75 Å². The molecule has 0 aliphatic heterocycles. The van der Waals surface area contributed by atoms with Crippen LogP contribution < -0.4 is 10.1 Å². The molecule has 0 radical (unpaired) electrons. The van der Waals surface area contributed by atoms with Crippen LogP contribution in [-0.2, 0) is 4.79 Å². The van der Waals surface area contributed by atoms with Gasteiger partial charge in [-0.3, -0.25) is 9.78 Å². The zero-order chi connectivity index (χ0) is 15.1. The van der Waals surface area contributed by atoms with Crippen molar-refractivity contribution in [2.75, 3.05) is 13.7 Å².